The zero-order valence-corrected chi connectivity index (χ0v) is 12.9. The number of aryl methyl sites for hydroxylation is 1. The van der Waals surface area contributed by atoms with Gasteiger partial charge in [-0.05, 0) is 48.4 Å². The summed E-state index contributed by atoms with van der Waals surface area (Å²) >= 11 is 5.76. The third-order valence-corrected chi connectivity index (χ3v) is 4.46. The number of nitrogen functional groups attached to an aromatic ring is 1. The molecule has 0 saturated heterocycles. The molecule has 1 aliphatic rings. The summed E-state index contributed by atoms with van der Waals surface area (Å²) in [5.41, 5.74) is 9.50. The molecule has 0 bridgehead atoms. The van der Waals surface area contributed by atoms with Crippen LogP contribution in [0.25, 0.3) is 11.1 Å². The van der Waals surface area contributed by atoms with Gasteiger partial charge in [0.05, 0.1) is 5.02 Å². The van der Waals surface area contributed by atoms with Crippen LogP contribution in [0.3, 0.4) is 0 Å². The number of benzene rings is 1. The van der Waals surface area contributed by atoms with Gasteiger partial charge in [-0.25, -0.2) is 9.37 Å². The first-order chi connectivity index (χ1) is 10.5. The zero-order valence-electron chi connectivity index (χ0n) is 12.2. The standard InChI is InChI=1S/C17H15ClFN3/c1-9-2-5-15-11(6-9)16(12(8-20)17(21)22-15)10-3-4-13(18)14(19)7-10/h3-4,7,9H,2,5-6H2,1H3,(H2,21,22). The lowest BCUT2D eigenvalue weighted by molar-refractivity contribution is 0.495. The first-order valence-corrected chi connectivity index (χ1v) is 7.55. The molecule has 0 fully saturated rings. The smallest absolute Gasteiger partial charge is 0.142 e. The first-order valence-electron chi connectivity index (χ1n) is 7.18. The molecule has 1 unspecified atom stereocenters. The second kappa shape index (κ2) is 5.58. The van der Waals surface area contributed by atoms with Gasteiger partial charge in [-0.1, -0.05) is 24.6 Å². The van der Waals surface area contributed by atoms with Crippen molar-refractivity contribution in [3.8, 4) is 17.2 Å². The second-order valence-electron chi connectivity index (χ2n) is 5.76. The molecular formula is C17H15ClFN3. The monoisotopic (exact) mass is 315 g/mol. The molecule has 2 aromatic rings. The van der Waals surface area contributed by atoms with Crippen molar-refractivity contribution >= 4 is 17.4 Å². The van der Waals surface area contributed by atoms with Crippen LogP contribution in [-0.4, -0.2) is 4.98 Å². The van der Waals surface area contributed by atoms with Crippen molar-refractivity contribution in [2.45, 2.75) is 26.2 Å². The molecule has 0 aliphatic heterocycles. The van der Waals surface area contributed by atoms with E-state index in [-0.39, 0.29) is 10.8 Å². The van der Waals surface area contributed by atoms with Gasteiger partial charge in [-0.2, -0.15) is 5.26 Å². The summed E-state index contributed by atoms with van der Waals surface area (Å²) in [6.45, 7) is 2.16. The number of rotatable bonds is 1. The normalized spacial score (nSPS) is 16.9. The molecule has 3 rings (SSSR count). The van der Waals surface area contributed by atoms with E-state index in [0.717, 1.165) is 30.5 Å². The van der Waals surface area contributed by atoms with Crippen LogP contribution >= 0.6 is 11.6 Å². The van der Waals surface area contributed by atoms with Crippen molar-refractivity contribution in [3.05, 3.63) is 45.9 Å². The van der Waals surface area contributed by atoms with Crippen molar-refractivity contribution in [2.24, 2.45) is 5.92 Å². The Morgan fingerprint density at radius 1 is 1.45 bits per heavy atom. The number of halogens is 2. The molecule has 0 radical (unpaired) electrons. The Kier molecular flexibility index (Phi) is 3.76. The Bertz CT molecular complexity index is 795. The number of pyridine rings is 1. The molecule has 112 valence electrons. The van der Waals surface area contributed by atoms with Gasteiger partial charge >= 0.3 is 0 Å². The molecule has 0 saturated carbocycles. The Labute approximate surface area is 133 Å². The van der Waals surface area contributed by atoms with E-state index in [0.29, 0.717) is 22.6 Å². The minimum absolute atomic E-state index is 0.0616. The van der Waals surface area contributed by atoms with E-state index >= 15 is 0 Å². The fourth-order valence-corrected chi connectivity index (χ4v) is 3.15. The second-order valence-corrected chi connectivity index (χ2v) is 6.17. The third-order valence-electron chi connectivity index (χ3n) is 4.16. The molecular weight excluding hydrogens is 301 g/mol. The van der Waals surface area contributed by atoms with E-state index < -0.39 is 5.82 Å². The van der Waals surface area contributed by atoms with Crippen LogP contribution in [0.2, 0.25) is 5.02 Å². The average molecular weight is 316 g/mol. The summed E-state index contributed by atoms with van der Waals surface area (Å²) in [6, 6.07) is 6.70. The van der Waals surface area contributed by atoms with Crippen molar-refractivity contribution in [1.29, 1.82) is 5.26 Å². The number of nitrogens with zero attached hydrogens (tertiary/aromatic N) is 2. The Morgan fingerprint density at radius 3 is 2.91 bits per heavy atom. The van der Waals surface area contributed by atoms with Crippen molar-refractivity contribution < 1.29 is 4.39 Å². The third kappa shape index (κ3) is 2.42. The maximum Gasteiger partial charge on any atom is 0.142 e. The number of nitriles is 1. The van der Waals surface area contributed by atoms with Crippen LogP contribution in [0.1, 0.15) is 30.2 Å². The zero-order chi connectivity index (χ0) is 15.9. The van der Waals surface area contributed by atoms with Crippen molar-refractivity contribution in [2.75, 3.05) is 5.73 Å². The quantitative estimate of drug-likeness (QED) is 0.861. The molecule has 0 amide bonds. The summed E-state index contributed by atoms with van der Waals surface area (Å²) in [4.78, 5) is 4.38. The summed E-state index contributed by atoms with van der Waals surface area (Å²) < 4.78 is 13.8. The van der Waals surface area contributed by atoms with E-state index in [2.05, 4.69) is 18.0 Å². The molecule has 1 aliphatic carbocycles. The van der Waals surface area contributed by atoms with Crippen LogP contribution in [0, 0.1) is 23.1 Å². The number of nitrogens with two attached hydrogens (primary N) is 1. The summed E-state index contributed by atoms with van der Waals surface area (Å²) in [5.74, 6) is 0.206. The van der Waals surface area contributed by atoms with E-state index in [1.165, 1.54) is 12.1 Å². The van der Waals surface area contributed by atoms with Gasteiger partial charge in [-0.3, -0.25) is 0 Å². The van der Waals surface area contributed by atoms with Crippen LogP contribution < -0.4 is 5.73 Å². The predicted octanol–water partition coefficient (Wildman–Crippen LogP) is 4.12. The van der Waals surface area contributed by atoms with E-state index in [1.54, 1.807) is 6.07 Å². The Morgan fingerprint density at radius 2 is 2.23 bits per heavy atom. The number of hydrogen-bond acceptors (Lipinski definition) is 3. The molecule has 0 spiro atoms. The van der Waals surface area contributed by atoms with Gasteiger partial charge in [0.2, 0.25) is 0 Å². The lowest BCUT2D eigenvalue weighted by atomic mass is 9.82. The van der Waals surface area contributed by atoms with Gasteiger partial charge in [0.15, 0.2) is 0 Å². The highest BCUT2D eigenvalue weighted by Crippen LogP contribution is 2.38. The minimum atomic E-state index is -0.504. The highest BCUT2D eigenvalue weighted by atomic mass is 35.5. The number of aromatic nitrogens is 1. The highest BCUT2D eigenvalue weighted by Gasteiger charge is 2.25. The van der Waals surface area contributed by atoms with Crippen molar-refractivity contribution in [3.63, 3.8) is 0 Å². The average Bonchev–Trinajstić information content (AvgIpc) is 2.49. The topological polar surface area (TPSA) is 62.7 Å². The fraction of sp³-hybridized carbons (Fsp3) is 0.294. The van der Waals surface area contributed by atoms with E-state index in [1.807, 2.05) is 0 Å². The van der Waals surface area contributed by atoms with Crippen LogP contribution in [0.4, 0.5) is 10.2 Å². The van der Waals surface area contributed by atoms with Crippen molar-refractivity contribution in [1.82, 2.24) is 4.98 Å². The predicted molar refractivity (Wildman–Crippen MR) is 85.0 cm³/mol. The number of anilines is 1. The summed E-state index contributed by atoms with van der Waals surface area (Å²) in [7, 11) is 0. The lowest BCUT2D eigenvalue weighted by Crippen LogP contribution is -2.16. The molecule has 1 heterocycles. The molecule has 5 heteroatoms. The molecule has 22 heavy (non-hydrogen) atoms. The molecule has 1 aromatic heterocycles. The fourth-order valence-electron chi connectivity index (χ4n) is 3.04. The first kappa shape index (κ1) is 14.8. The Hall–Kier alpha value is -2.12. The molecule has 3 nitrogen and oxygen atoms in total. The lowest BCUT2D eigenvalue weighted by Gasteiger charge is -2.25. The summed E-state index contributed by atoms with van der Waals surface area (Å²) in [6.07, 6.45) is 2.69. The Balaban J connectivity index is 2.31. The van der Waals surface area contributed by atoms with Gasteiger partial charge in [0, 0.05) is 11.3 Å². The van der Waals surface area contributed by atoms with Gasteiger partial charge in [0.25, 0.3) is 0 Å². The SMILES string of the molecule is CC1CCc2nc(N)c(C#N)c(-c3ccc(Cl)c(F)c3)c2C1. The van der Waals surface area contributed by atoms with Gasteiger partial charge in [0.1, 0.15) is 23.3 Å². The minimum Gasteiger partial charge on any atom is -0.383 e. The van der Waals surface area contributed by atoms with Gasteiger partial charge < -0.3 is 5.73 Å². The highest BCUT2D eigenvalue weighted by molar-refractivity contribution is 6.30. The summed E-state index contributed by atoms with van der Waals surface area (Å²) in [5, 5.41) is 9.52. The van der Waals surface area contributed by atoms with E-state index in [4.69, 9.17) is 17.3 Å². The number of fused-ring (bicyclic) bond motifs is 1. The molecule has 2 N–H and O–H groups in total. The van der Waals surface area contributed by atoms with Gasteiger partial charge in [-0.15, -0.1) is 0 Å². The van der Waals surface area contributed by atoms with Crippen LogP contribution in [0.15, 0.2) is 18.2 Å². The molecule has 1 atom stereocenters. The maximum absolute atomic E-state index is 13.8. The largest absolute Gasteiger partial charge is 0.383 e. The number of hydrogen-bond donors (Lipinski definition) is 1. The van der Waals surface area contributed by atoms with E-state index in [9.17, 15) is 9.65 Å². The molecule has 1 aromatic carbocycles. The van der Waals surface area contributed by atoms with Crippen LogP contribution in [0.5, 0.6) is 0 Å². The van der Waals surface area contributed by atoms with Crippen LogP contribution in [-0.2, 0) is 12.8 Å². The maximum atomic E-state index is 13.8.